The summed E-state index contributed by atoms with van der Waals surface area (Å²) >= 11 is 0. The van der Waals surface area contributed by atoms with Gasteiger partial charge in [-0.3, -0.25) is 0 Å². The van der Waals surface area contributed by atoms with E-state index >= 15 is 0 Å². The van der Waals surface area contributed by atoms with Crippen LogP contribution in [0, 0.1) is 5.82 Å². The van der Waals surface area contributed by atoms with Crippen LogP contribution < -0.4 is 0 Å². The maximum atomic E-state index is 13.0. The van der Waals surface area contributed by atoms with Gasteiger partial charge in [-0.1, -0.05) is 25.5 Å². The highest BCUT2D eigenvalue weighted by atomic mass is 19.1. The van der Waals surface area contributed by atoms with Crippen LogP contribution in [0.4, 0.5) is 4.39 Å². The monoisotopic (exact) mass is 216 g/mol. The summed E-state index contributed by atoms with van der Waals surface area (Å²) in [6.45, 7) is 2.11. The highest BCUT2D eigenvalue weighted by molar-refractivity contribution is 5.54. The van der Waals surface area contributed by atoms with Crippen molar-refractivity contribution in [2.45, 2.75) is 19.8 Å². The van der Waals surface area contributed by atoms with Crippen molar-refractivity contribution in [3.8, 4) is 11.4 Å². The zero-order valence-corrected chi connectivity index (χ0v) is 9.15. The lowest BCUT2D eigenvalue weighted by Gasteiger charge is -2.01. The molecule has 0 saturated carbocycles. The molecule has 0 aliphatic carbocycles. The fraction of sp³-hybridized carbons (Fsp3) is 0.231. The number of aryl methyl sites for hydroxylation is 1. The number of aromatic nitrogens is 2. The molecule has 0 radical (unpaired) electrons. The molecule has 0 aliphatic heterocycles. The standard InChI is InChI=1S/C13H13FN2/c1-2-4-10-8-15-13(16-9-10)11-5-3-6-12(14)7-11/h3,5-9H,2,4H2,1H3. The highest BCUT2D eigenvalue weighted by Crippen LogP contribution is 2.15. The van der Waals surface area contributed by atoms with Crippen LogP contribution in [0.1, 0.15) is 18.9 Å². The minimum atomic E-state index is -0.265. The van der Waals surface area contributed by atoms with Gasteiger partial charge in [0.15, 0.2) is 5.82 Å². The summed E-state index contributed by atoms with van der Waals surface area (Å²) in [4.78, 5) is 8.46. The first-order chi connectivity index (χ1) is 7.79. The van der Waals surface area contributed by atoms with Gasteiger partial charge in [0.1, 0.15) is 5.82 Å². The molecular formula is C13H13FN2. The Morgan fingerprint density at radius 3 is 2.56 bits per heavy atom. The van der Waals surface area contributed by atoms with E-state index in [1.165, 1.54) is 12.1 Å². The Morgan fingerprint density at radius 1 is 1.19 bits per heavy atom. The van der Waals surface area contributed by atoms with Crippen molar-refractivity contribution in [1.29, 1.82) is 0 Å². The van der Waals surface area contributed by atoms with E-state index in [0.29, 0.717) is 11.4 Å². The van der Waals surface area contributed by atoms with Gasteiger partial charge in [-0.05, 0) is 24.1 Å². The second-order valence-electron chi connectivity index (χ2n) is 3.68. The van der Waals surface area contributed by atoms with Crippen molar-refractivity contribution in [3.63, 3.8) is 0 Å². The van der Waals surface area contributed by atoms with E-state index < -0.39 is 0 Å². The van der Waals surface area contributed by atoms with Gasteiger partial charge in [-0.2, -0.15) is 0 Å². The molecule has 0 amide bonds. The number of hydrogen-bond donors (Lipinski definition) is 0. The fourth-order valence-electron chi connectivity index (χ4n) is 1.55. The van der Waals surface area contributed by atoms with Crippen LogP contribution in [0.3, 0.4) is 0 Å². The molecule has 1 aromatic carbocycles. The number of hydrogen-bond acceptors (Lipinski definition) is 2. The zero-order chi connectivity index (χ0) is 11.4. The van der Waals surface area contributed by atoms with Gasteiger partial charge in [0.25, 0.3) is 0 Å². The third-order valence-corrected chi connectivity index (χ3v) is 2.33. The van der Waals surface area contributed by atoms with Crippen LogP contribution in [0.15, 0.2) is 36.7 Å². The molecule has 2 rings (SSSR count). The molecule has 2 nitrogen and oxygen atoms in total. The number of benzene rings is 1. The molecule has 2 aromatic rings. The van der Waals surface area contributed by atoms with Crippen molar-refractivity contribution in [3.05, 3.63) is 48.0 Å². The first-order valence-corrected chi connectivity index (χ1v) is 5.36. The van der Waals surface area contributed by atoms with Crippen molar-refractivity contribution >= 4 is 0 Å². The van der Waals surface area contributed by atoms with E-state index in [2.05, 4.69) is 16.9 Å². The van der Waals surface area contributed by atoms with Gasteiger partial charge in [-0.25, -0.2) is 14.4 Å². The van der Waals surface area contributed by atoms with E-state index in [1.54, 1.807) is 24.5 Å². The summed E-state index contributed by atoms with van der Waals surface area (Å²) in [5.74, 6) is 0.304. The quantitative estimate of drug-likeness (QED) is 0.787. The zero-order valence-electron chi connectivity index (χ0n) is 9.15. The molecule has 0 atom stereocenters. The minimum absolute atomic E-state index is 0.265. The van der Waals surface area contributed by atoms with Gasteiger partial charge in [0.05, 0.1) is 0 Å². The molecule has 1 heterocycles. The molecule has 82 valence electrons. The lowest BCUT2D eigenvalue weighted by atomic mass is 10.2. The lowest BCUT2D eigenvalue weighted by Crippen LogP contribution is -1.92. The molecule has 0 bridgehead atoms. The van der Waals surface area contributed by atoms with E-state index in [-0.39, 0.29) is 5.82 Å². The Balaban J connectivity index is 2.27. The first-order valence-electron chi connectivity index (χ1n) is 5.36. The maximum Gasteiger partial charge on any atom is 0.159 e. The fourth-order valence-corrected chi connectivity index (χ4v) is 1.55. The van der Waals surface area contributed by atoms with Crippen LogP contribution in [-0.2, 0) is 6.42 Å². The van der Waals surface area contributed by atoms with Crippen LogP contribution in [0.2, 0.25) is 0 Å². The summed E-state index contributed by atoms with van der Waals surface area (Å²) in [5.41, 5.74) is 1.82. The van der Waals surface area contributed by atoms with Crippen molar-refractivity contribution in [1.82, 2.24) is 9.97 Å². The van der Waals surface area contributed by atoms with Gasteiger partial charge >= 0.3 is 0 Å². The molecular weight excluding hydrogens is 203 g/mol. The third kappa shape index (κ3) is 2.42. The van der Waals surface area contributed by atoms with Crippen LogP contribution in [0.25, 0.3) is 11.4 Å². The number of halogens is 1. The highest BCUT2D eigenvalue weighted by Gasteiger charge is 2.02. The molecule has 0 N–H and O–H groups in total. The predicted octanol–water partition coefficient (Wildman–Crippen LogP) is 3.24. The molecule has 1 aromatic heterocycles. The molecule has 0 aliphatic rings. The average molecular weight is 216 g/mol. The van der Waals surface area contributed by atoms with Gasteiger partial charge in [-0.15, -0.1) is 0 Å². The molecule has 3 heteroatoms. The summed E-state index contributed by atoms with van der Waals surface area (Å²) in [5, 5.41) is 0. The number of rotatable bonds is 3. The largest absolute Gasteiger partial charge is 0.236 e. The summed E-state index contributed by atoms with van der Waals surface area (Å²) in [7, 11) is 0. The average Bonchev–Trinajstić information content (AvgIpc) is 2.30. The van der Waals surface area contributed by atoms with Crippen LogP contribution in [0.5, 0.6) is 0 Å². The topological polar surface area (TPSA) is 25.8 Å². The Morgan fingerprint density at radius 2 is 1.94 bits per heavy atom. The molecule has 16 heavy (non-hydrogen) atoms. The van der Waals surface area contributed by atoms with Crippen molar-refractivity contribution < 1.29 is 4.39 Å². The summed E-state index contributed by atoms with van der Waals surface area (Å²) in [6.07, 6.45) is 5.65. The predicted molar refractivity (Wildman–Crippen MR) is 61.4 cm³/mol. The summed E-state index contributed by atoms with van der Waals surface area (Å²) in [6, 6.07) is 6.32. The molecule has 0 saturated heterocycles. The first kappa shape index (κ1) is 10.7. The minimum Gasteiger partial charge on any atom is -0.236 e. The van der Waals surface area contributed by atoms with Gasteiger partial charge < -0.3 is 0 Å². The molecule has 0 unspecified atom stereocenters. The van der Waals surface area contributed by atoms with E-state index in [0.717, 1.165) is 18.4 Å². The Hall–Kier alpha value is -1.77. The second kappa shape index (κ2) is 4.84. The van der Waals surface area contributed by atoms with Crippen LogP contribution >= 0.6 is 0 Å². The Labute approximate surface area is 94.2 Å². The van der Waals surface area contributed by atoms with Gasteiger partial charge in [0.2, 0.25) is 0 Å². The van der Waals surface area contributed by atoms with E-state index in [1.807, 2.05) is 0 Å². The SMILES string of the molecule is CCCc1cnc(-c2cccc(F)c2)nc1. The Bertz CT molecular complexity index is 466. The van der Waals surface area contributed by atoms with Crippen molar-refractivity contribution in [2.75, 3.05) is 0 Å². The summed E-state index contributed by atoms with van der Waals surface area (Å²) < 4.78 is 13.0. The van der Waals surface area contributed by atoms with Gasteiger partial charge in [0, 0.05) is 18.0 Å². The Kier molecular flexibility index (Phi) is 3.25. The lowest BCUT2D eigenvalue weighted by molar-refractivity contribution is 0.628. The molecule has 0 fully saturated rings. The maximum absolute atomic E-state index is 13.0. The number of nitrogens with zero attached hydrogens (tertiary/aromatic N) is 2. The van der Waals surface area contributed by atoms with Crippen LogP contribution in [-0.4, -0.2) is 9.97 Å². The van der Waals surface area contributed by atoms with E-state index in [9.17, 15) is 4.39 Å². The van der Waals surface area contributed by atoms with Crippen molar-refractivity contribution in [2.24, 2.45) is 0 Å². The van der Waals surface area contributed by atoms with E-state index in [4.69, 9.17) is 0 Å². The smallest absolute Gasteiger partial charge is 0.159 e. The normalized spacial score (nSPS) is 10.4. The molecule has 0 spiro atoms. The third-order valence-electron chi connectivity index (χ3n) is 2.33. The second-order valence-corrected chi connectivity index (χ2v) is 3.68.